The Kier molecular flexibility index (Phi) is 6.32. The van der Waals surface area contributed by atoms with Gasteiger partial charge < -0.3 is 4.42 Å². The lowest BCUT2D eigenvalue weighted by Crippen LogP contribution is -2.23. The number of sulfonamides is 1. The van der Waals surface area contributed by atoms with E-state index in [1.54, 1.807) is 18.2 Å². The Morgan fingerprint density at radius 3 is 2.53 bits per heavy atom. The van der Waals surface area contributed by atoms with Crippen LogP contribution in [0.2, 0.25) is 0 Å². The van der Waals surface area contributed by atoms with Crippen LogP contribution in [0.3, 0.4) is 0 Å². The fraction of sp³-hybridized carbons (Fsp3) is 0.444. The SMILES string of the molecule is CC(C)CCCS(=O)(=O)Nc1cc2oc(-c3ccc(F)cc3)c(C3=NC(C)(C)ON3)c2cc1C1CC1. The van der Waals surface area contributed by atoms with Crippen LogP contribution in [0.1, 0.15) is 70.4 Å². The van der Waals surface area contributed by atoms with E-state index in [0.29, 0.717) is 46.3 Å². The Morgan fingerprint density at radius 1 is 1.19 bits per heavy atom. The fourth-order valence-corrected chi connectivity index (χ4v) is 5.68. The highest BCUT2D eigenvalue weighted by Gasteiger charge is 2.33. The van der Waals surface area contributed by atoms with Crippen LogP contribution in [0.25, 0.3) is 22.3 Å². The number of nitrogens with one attached hydrogen (secondary N) is 2. The minimum absolute atomic E-state index is 0.0741. The summed E-state index contributed by atoms with van der Waals surface area (Å²) in [6.45, 7) is 7.85. The van der Waals surface area contributed by atoms with Crippen LogP contribution in [-0.4, -0.2) is 25.7 Å². The van der Waals surface area contributed by atoms with E-state index in [2.05, 4.69) is 29.0 Å². The number of halogens is 1. The standard InChI is InChI=1S/C27H32FN3O4S/c1-16(2)6-5-13-36(32,33)31-22-15-23-21(14-20(22)17-7-8-17)24(26-29-27(3,4)35-30-26)25(34-23)18-9-11-19(28)12-10-18/h9-12,14-17,31H,5-8,13H2,1-4H3,(H,29,30). The second-order valence-electron chi connectivity index (χ2n) is 10.6. The van der Waals surface area contributed by atoms with E-state index in [9.17, 15) is 12.8 Å². The topological polar surface area (TPSA) is 92.9 Å². The zero-order valence-electron chi connectivity index (χ0n) is 21.0. The molecule has 0 atom stereocenters. The first kappa shape index (κ1) is 24.8. The van der Waals surface area contributed by atoms with Crippen LogP contribution in [0, 0.1) is 11.7 Å². The normalized spacial score (nSPS) is 17.4. The molecule has 36 heavy (non-hydrogen) atoms. The predicted molar refractivity (Wildman–Crippen MR) is 140 cm³/mol. The van der Waals surface area contributed by atoms with Gasteiger partial charge in [-0.3, -0.25) is 4.72 Å². The molecule has 1 aromatic heterocycles. The average molecular weight is 514 g/mol. The van der Waals surface area contributed by atoms with E-state index in [4.69, 9.17) is 9.25 Å². The molecule has 0 unspecified atom stereocenters. The minimum Gasteiger partial charge on any atom is -0.455 e. The molecule has 5 rings (SSSR count). The van der Waals surface area contributed by atoms with Crippen molar-refractivity contribution in [3.05, 3.63) is 53.3 Å². The number of fused-ring (bicyclic) bond motifs is 1. The van der Waals surface area contributed by atoms with Crippen molar-refractivity contribution in [3.8, 4) is 11.3 Å². The van der Waals surface area contributed by atoms with Gasteiger partial charge >= 0.3 is 0 Å². The van der Waals surface area contributed by atoms with Crippen LogP contribution in [0.4, 0.5) is 10.1 Å². The summed E-state index contributed by atoms with van der Waals surface area (Å²) in [5.41, 5.74) is 5.56. The number of nitrogens with zero attached hydrogens (tertiary/aromatic N) is 1. The third kappa shape index (κ3) is 5.27. The maximum absolute atomic E-state index is 13.6. The Balaban J connectivity index is 1.62. The van der Waals surface area contributed by atoms with Crippen LogP contribution < -0.4 is 10.2 Å². The molecule has 0 amide bonds. The molecule has 0 bridgehead atoms. The van der Waals surface area contributed by atoms with Crippen LogP contribution in [0.5, 0.6) is 0 Å². The smallest absolute Gasteiger partial charge is 0.232 e. The van der Waals surface area contributed by atoms with Gasteiger partial charge in [-0.15, -0.1) is 0 Å². The first-order valence-corrected chi connectivity index (χ1v) is 14.1. The number of hydrogen-bond donors (Lipinski definition) is 2. The summed E-state index contributed by atoms with van der Waals surface area (Å²) in [4.78, 5) is 10.3. The van der Waals surface area contributed by atoms with E-state index in [0.717, 1.165) is 30.2 Å². The van der Waals surface area contributed by atoms with Crippen molar-refractivity contribution in [2.45, 2.75) is 65.0 Å². The van der Waals surface area contributed by atoms with E-state index in [1.165, 1.54) is 12.1 Å². The number of hydrogen-bond acceptors (Lipinski definition) is 6. The highest BCUT2D eigenvalue weighted by Crippen LogP contribution is 2.47. The van der Waals surface area contributed by atoms with Gasteiger partial charge in [0, 0.05) is 17.0 Å². The first-order chi connectivity index (χ1) is 17.0. The summed E-state index contributed by atoms with van der Waals surface area (Å²) >= 11 is 0. The Hall–Kier alpha value is -2.91. The molecule has 3 aromatic rings. The van der Waals surface area contributed by atoms with Crippen LogP contribution >= 0.6 is 0 Å². The van der Waals surface area contributed by atoms with Crippen molar-refractivity contribution < 1.29 is 22.1 Å². The fourth-order valence-electron chi connectivity index (χ4n) is 4.51. The highest BCUT2D eigenvalue weighted by molar-refractivity contribution is 7.92. The van der Waals surface area contributed by atoms with Gasteiger partial charge in [0.25, 0.3) is 0 Å². The van der Waals surface area contributed by atoms with Gasteiger partial charge in [-0.1, -0.05) is 13.8 Å². The molecule has 7 nitrogen and oxygen atoms in total. The second-order valence-corrected chi connectivity index (χ2v) is 12.4. The maximum atomic E-state index is 13.6. The average Bonchev–Trinajstić information content (AvgIpc) is 3.48. The van der Waals surface area contributed by atoms with Crippen molar-refractivity contribution in [1.29, 1.82) is 0 Å². The van der Waals surface area contributed by atoms with Crippen molar-refractivity contribution >= 4 is 32.5 Å². The van der Waals surface area contributed by atoms with Crippen molar-refractivity contribution in [2.24, 2.45) is 10.9 Å². The molecule has 0 radical (unpaired) electrons. The number of aliphatic imine (C=N–C) groups is 1. The van der Waals surface area contributed by atoms with Gasteiger partial charge in [0.05, 0.1) is 17.0 Å². The highest BCUT2D eigenvalue weighted by atomic mass is 32.2. The number of amidine groups is 1. The van der Waals surface area contributed by atoms with Gasteiger partial charge in [-0.25, -0.2) is 28.1 Å². The number of rotatable bonds is 9. The molecule has 1 aliphatic heterocycles. The van der Waals surface area contributed by atoms with Gasteiger partial charge in [-0.2, -0.15) is 0 Å². The molecule has 9 heteroatoms. The van der Waals surface area contributed by atoms with Crippen LogP contribution in [-0.2, 0) is 14.9 Å². The Labute approximate surface area is 211 Å². The summed E-state index contributed by atoms with van der Waals surface area (Å²) < 4.78 is 48.6. The van der Waals surface area contributed by atoms with E-state index in [-0.39, 0.29) is 17.5 Å². The molecule has 192 valence electrons. The number of benzene rings is 2. The number of anilines is 1. The lowest BCUT2D eigenvalue weighted by Gasteiger charge is -2.13. The van der Waals surface area contributed by atoms with Gasteiger partial charge in [0.15, 0.2) is 11.6 Å². The second kappa shape index (κ2) is 9.19. The molecule has 1 fully saturated rings. The lowest BCUT2D eigenvalue weighted by molar-refractivity contribution is -0.0269. The molecule has 2 N–H and O–H groups in total. The van der Waals surface area contributed by atoms with E-state index >= 15 is 0 Å². The molecule has 2 heterocycles. The molecule has 0 spiro atoms. The summed E-state index contributed by atoms with van der Waals surface area (Å²) in [6.07, 6.45) is 3.46. The molecular weight excluding hydrogens is 481 g/mol. The van der Waals surface area contributed by atoms with Crippen molar-refractivity contribution in [2.75, 3.05) is 10.5 Å². The largest absolute Gasteiger partial charge is 0.455 e. The predicted octanol–water partition coefficient (Wildman–Crippen LogP) is 6.31. The minimum atomic E-state index is -3.51. The molecule has 2 aromatic carbocycles. The summed E-state index contributed by atoms with van der Waals surface area (Å²) in [6, 6.07) is 9.82. The summed E-state index contributed by atoms with van der Waals surface area (Å²) in [5, 5.41) is 0.798. The Morgan fingerprint density at radius 2 is 1.92 bits per heavy atom. The number of hydroxylamine groups is 1. The lowest BCUT2D eigenvalue weighted by atomic mass is 10.0. The molecule has 2 aliphatic rings. The molecule has 1 aliphatic carbocycles. The quantitative estimate of drug-likeness (QED) is 0.350. The van der Waals surface area contributed by atoms with Crippen molar-refractivity contribution in [3.63, 3.8) is 0 Å². The van der Waals surface area contributed by atoms with Gasteiger partial charge in [-0.05, 0) is 87.3 Å². The monoisotopic (exact) mass is 513 g/mol. The molecular formula is C27H32FN3O4S. The maximum Gasteiger partial charge on any atom is 0.232 e. The van der Waals surface area contributed by atoms with Gasteiger partial charge in [0.1, 0.15) is 17.2 Å². The van der Waals surface area contributed by atoms with E-state index < -0.39 is 15.7 Å². The van der Waals surface area contributed by atoms with E-state index in [1.807, 2.05) is 19.9 Å². The Bertz CT molecular complexity index is 1420. The first-order valence-electron chi connectivity index (χ1n) is 12.4. The third-order valence-electron chi connectivity index (χ3n) is 6.46. The molecule has 0 saturated heterocycles. The van der Waals surface area contributed by atoms with Gasteiger partial charge in [0.2, 0.25) is 10.0 Å². The number of furan rings is 1. The molecule has 1 saturated carbocycles. The zero-order chi connectivity index (χ0) is 25.7. The summed E-state index contributed by atoms with van der Waals surface area (Å²) in [7, 11) is -3.51. The summed E-state index contributed by atoms with van der Waals surface area (Å²) in [5.74, 6) is 1.49. The third-order valence-corrected chi connectivity index (χ3v) is 7.82. The van der Waals surface area contributed by atoms with Crippen molar-refractivity contribution in [1.82, 2.24) is 5.48 Å². The van der Waals surface area contributed by atoms with Crippen LogP contribution in [0.15, 0.2) is 45.8 Å². The zero-order valence-corrected chi connectivity index (χ0v) is 21.8.